The molecule has 1 heterocycles. The van der Waals surface area contributed by atoms with Gasteiger partial charge in [0.2, 0.25) is 0 Å². The number of halogens is 1. The van der Waals surface area contributed by atoms with Gasteiger partial charge in [-0.05, 0) is 34.0 Å². The summed E-state index contributed by atoms with van der Waals surface area (Å²) in [6, 6.07) is 16.5. The molecule has 0 bridgehead atoms. The molecule has 2 aromatic carbocycles. The van der Waals surface area contributed by atoms with Crippen molar-refractivity contribution in [1.82, 2.24) is 4.90 Å². The third kappa shape index (κ3) is 4.34. The van der Waals surface area contributed by atoms with Crippen LogP contribution in [0.2, 0.25) is 0 Å². The predicted molar refractivity (Wildman–Crippen MR) is 95.6 cm³/mol. The second-order valence-corrected chi connectivity index (χ2v) is 6.74. The molecule has 0 radical (unpaired) electrons. The van der Waals surface area contributed by atoms with E-state index >= 15 is 0 Å². The molecule has 4 heteroatoms. The summed E-state index contributed by atoms with van der Waals surface area (Å²) < 4.78 is 12.6. The Morgan fingerprint density at radius 2 is 1.96 bits per heavy atom. The highest BCUT2D eigenvalue weighted by molar-refractivity contribution is 9.10. The quantitative estimate of drug-likeness (QED) is 0.753. The molecule has 2 aromatic rings. The molecule has 0 saturated carbocycles. The Bertz CT molecular complexity index is 633. The van der Waals surface area contributed by atoms with Gasteiger partial charge in [-0.3, -0.25) is 4.90 Å². The van der Waals surface area contributed by atoms with E-state index in [1.54, 1.807) is 7.11 Å². The zero-order chi connectivity index (χ0) is 16.1. The van der Waals surface area contributed by atoms with E-state index in [2.05, 4.69) is 45.1 Å². The van der Waals surface area contributed by atoms with Crippen LogP contribution in [0.4, 0.5) is 0 Å². The Labute approximate surface area is 146 Å². The molecule has 1 saturated heterocycles. The highest BCUT2D eigenvalue weighted by Crippen LogP contribution is 2.31. The molecular weight excluding hydrogens is 354 g/mol. The third-order valence-corrected chi connectivity index (χ3v) is 4.86. The highest BCUT2D eigenvalue weighted by atomic mass is 79.9. The van der Waals surface area contributed by atoms with Crippen LogP contribution in [0.3, 0.4) is 0 Å². The summed E-state index contributed by atoms with van der Waals surface area (Å²) >= 11 is 3.63. The standard InChI is InChI=1S/C19H22BrNO2/c1-22-17-10-11-21(13-17)12-16-8-5-9-18(20)19(16)23-14-15-6-3-2-4-7-15/h2-9,17H,10-14H2,1H3/t17-/m1/s1. The molecular formula is C19H22BrNO2. The number of rotatable bonds is 6. The summed E-state index contributed by atoms with van der Waals surface area (Å²) in [5, 5.41) is 0. The maximum atomic E-state index is 6.11. The maximum Gasteiger partial charge on any atom is 0.138 e. The topological polar surface area (TPSA) is 21.7 Å². The minimum absolute atomic E-state index is 0.357. The molecule has 1 aliphatic heterocycles. The highest BCUT2D eigenvalue weighted by Gasteiger charge is 2.23. The number of ether oxygens (including phenoxy) is 2. The van der Waals surface area contributed by atoms with Gasteiger partial charge in [0.15, 0.2) is 0 Å². The van der Waals surface area contributed by atoms with Gasteiger partial charge < -0.3 is 9.47 Å². The molecule has 3 rings (SSSR count). The van der Waals surface area contributed by atoms with Crippen LogP contribution < -0.4 is 4.74 Å². The number of methoxy groups -OCH3 is 1. The summed E-state index contributed by atoms with van der Waals surface area (Å²) in [5.41, 5.74) is 2.39. The van der Waals surface area contributed by atoms with E-state index in [1.165, 1.54) is 11.1 Å². The van der Waals surface area contributed by atoms with Crippen molar-refractivity contribution >= 4 is 15.9 Å². The lowest BCUT2D eigenvalue weighted by atomic mass is 10.2. The fourth-order valence-corrected chi connectivity index (χ4v) is 3.47. The minimum Gasteiger partial charge on any atom is -0.487 e. The molecule has 1 atom stereocenters. The Balaban J connectivity index is 1.69. The van der Waals surface area contributed by atoms with Crippen molar-refractivity contribution in [2.75, 3.05) is 20.2 Å². The summed E-state index contributed by atoms with van der Waals surface area (Å²) in [4.78, 5) is 2.42. The van der Waals surface area contributed by atoms with Crippen molar-refractivity contribution in [3.05, 3.63) is 64.1 Å². The van der Waals surface area contributed by atoms with Crippen LogP contribution in [-0.2, 0) is 17.9 Å². The summed E-state index contributed by atoms with van der Waals surface area (Å²) in [6.45, 7) is 3.53. The molecule has 1 aliphatic rings. The molecule has 0 amide bonds. The molecule has 0 unspecified atom stereocenters. The molecule has 3 nitrogen and oxygen atoms in total. The molecule has 122 valence electrons. The van der Waals surface area contributed by atoms with Crippen molar-refractivity contribution < 1.29 is 9.47 Å². The number of likely N-dealkylation sites (tertiary alicyclic amines) is 1. The summed E-state index contributed by atoms with van der Waals surface area (Å²) in [7, 11) is 1.79. The molecule has 0 N–H and O–H groups in total. The fourth-order valence-electron chi connectivity index (χ4n) is 2.94. The first-order valence-corrected chi connectivity index (χ1v) is 8.75. The van der Waals surface area contributed by atoms with Crippen LogP contribution in [0.1, 0.15) is 17.5 Å². The number of hydrogen-bond acceptors (Lipinski definition) is 3. The Kier molecular flexibility index (Phi) is 5.70. The first-order chi connectivity index (χ1) is 11.3. The lowest BCUT2D eigenvalue weighted by molar-refractivity contribution is 0.107. The minimum atomic E-state index is 0.357. The summed E-state index contributed by atoms with van der Waals surface area (Å²) in [5.74, 6) is 0.942. The molecule has 0 aromatic heterocycles. The molecule has 0 spiro atoms. The Hall–Kier alpha value is -1.36. The number of benzene rings is 2. The number of nitrogens with zero attached hydrogens (tertiary/aromatic N) is 1. The van der Waals surface area contributed by atoms with Crippen molar-refractivity contribution in [3.8, 4) is 5.75 Å². The van der Waals surface area contributed by atoms with Gasteiger partial charge in [0, 0.05) is 32.3 Å². The average Bonchev–Trinajstić information content (AvgIpc) is 3.03. The van der Waals surface area contributed by atoms with Crippen LogP contribution in [-0.4, -0.2) is 31.2 Å². The monoisotopic (exact) mass is 375 g/mol. The average molecular weight is 376 g/mol. The van der Waals surface area contributed by atoms with Crippen molar-refractivity contribution in [2.45, 2.75) is 25.7 Å². The van der Waals surface area contributed by atoms with E-state index in [9.17, 15) is 0 Å². The van der Waals surface area contributed by atoms with Crippen molar-refractivity contribution in [2.24, 2.45) is 0 Å². The normalized spacial score (nSPS) is 18.3. The number of para-hydroxylation sites is 1. The second kappa shape index (κ2) is 7.95. The first-order valence-electron chi connectivity index (χ1n) is 7.95. The largest absolute Gasteiger partial charge is 0.487 e. The number of hydrogen-bond donors (Lipinski definition) is 0. The van der Waals surface area contributed by atoms with E-state index in [4.69, 9.17) is 9.47 Å². The van der Waals surface area contributed by atoms with Crippen molar-refractivity contribution in [1.29, 1.82) is 0 Å². The van der Waals surface area contributed by atoms with Gasteiger partial charge in [-0.1, -0.05) is 42.5 Å². The van der Waals surface area contributed by atoms with Crippen molar-refractivity contribution in [3.63, 3.8) is 0 Å². The van der Waals surface area contributed by atoms with Gasteiger partial charge in [-0.15, -0.1) is 0 Å². The van der Waals surface area contributed by atoms with E-state index in [0.717, 1.165) is 36.3 Å². The zero-order valence-electron chi connectivity index (χ0n) is 13.4. The van der Waals surface area contributed by atoms with Gasteiger partial charge in [0.25, 0.3) is 0 Å². The van der Waals surface area contributed by atoms with Crippen LogP contribution in [0.25, 0.3) is 0 Å². The fraction of sp³-hybridized carbons (Fsp3) is 0.368. The van der Waals surface area contributed by atoms with Crippen LogP contribution >= 0.6 is 15.9 Å². The van der Waals surface area contributed by atoms with E-state index in [0.29, 0.717) is 12.7 Å². The van der Waals surface area contributed by atoms with E-state index < -0.39 is 0 Å². The Morgan fingerprint density at radius 1 is 1.13 bits per heavy atom. The molecule has 1 fully saturated rings. The third-order valence-electron chi connectivity index (χ3n) is 4.23. The zero-order valence-corrected chi connectivity index (χ0v) is 15.0. The van der Waals surface area contributed by atoms with E-state index in [1.807, 2.05) is 24.3 Å². The van der Waals surface area contributed by atoms with Gasteiger partial charge in [-0.25, -0.2) is 0 Å². The molecule has 0 aliphatic carbocycles. The lowest BCUT2D eigenvalue weighted by Crippen LogP contribution is -2.22. The first kappa shape index (κ1) is 16.5. The maximum absolute atomic E-state index is 6.11. The predicted octanol–water partition coefficient (Wildman–Crippen LogP) is 4.25. The van der Waals surface area contributed by atoms with Gasteiger partial charge >= 0.3 is 0 Å². The van der Waals surface area contributed by atoms with E-state index in [-0.39, 0.29) is 0 Å². The SMILES string of the molecule is CO[C@@H]1CCN(Cc2cccc(Br)c2OCc2ccccc2)C1. The Morgan fingerprint density at radius 3 is 2.70 bits per heavy atom. The summed E-state index contributed by atoms with van der Waals surface area (Å²) in [6.07, 6.45) is 1.46. The van der Waals surface area contributed by atoms with Gasteiger partial charge in [-0.2, -0.15) is 0 Å². The molecule has 23 heavy (non-hydrogen) atoms. The van der Waals surface area contributed by atoms with Gasteiger partial charge in [0.1, 0.15) is 12.4 Å². The van der Waals surface area contributed by atoms with Crippen LogP contribution in [0.15, 0.2) is 53.0 Å². The lowest BCUT2D eigenvalue weighted by Gasteiger charge is -2.19. The van der Waals surface area contributed by atoms with Crippen LogP contribution in [0.5, 0.6) is 5.75 Å². The smallest absolute Gasteiger partial charge is 0.138 e. The van der Waals surface area contributed by atoms with Crippen LogP contribution in [0, 0.1) is 0 Å². The van der Waals surface area contributed by atoms with Gasteiger partial charge in [0.05, 0.1) is 10.6 Å². The second-order valence-electron chi connectivity index (χ2n) is 5.88.